The molecule has 1 unspecified atom stereocenters. The highest BCUT2D eigenvalue weighted by Crippen LogP contribution is 2.07. The SMILES string of the molecule is CCC(O)CS(=O)(=O)c1nnnn1C. The fourth-order valence-electron chi connectivity index (χ4n) is 0.930. The lowest BCUT2D eigenvalue weighted by Gasteiger charge is -2.06. The summed E-state index contributed by atoms with van der Waals surface area (Å²) in [7, 11) is -2.15. The van der Waals surface area contributed by atoms with Gasteiger partial charge in [0.1, 0.15) is 0 Å². The van der Waals surface area contributed by atoms with E-state index in [-0.39, 0.29) is 10.9 Å². The Kier molecular flexibility index (Phi) is 3.17. The van der Waals surface area contributed by atoms with Crippen LogP contribution in [0.25, 0.3) is 0 Å². The Balaban J connectivity index is 2.92. The van der Waals surface area contributed by atoms with Gasteiger partial charge in [0.25, 0.3) is 5.16 Å². The van der Waals surface area contributed by atoms with E-state index in [0.29, 0.717) is 6.42 Å². The molecule has 1 aromatic rings. The number of nitrogens with zero attached hydrogens (tertiary/aromatic N) is 4. The van der Waals surface area contributed by atoms with Crippen molar-refractivity contribution in [2.75, 3.05) is 5.75 Å². The first kappa shape index (κ1) is 11.1. The normalized spacial score (nSPS) is 14.2. The number of aliphatic hydroxyl groups excluding tert-OH is 1. The van der Waals surface area contributed by atoms with E-state index in [1.165, 1.54) is 7.05 Å². The van der Waals surface area contributed by atoms with E-state index in [9.17, 15) is 13.5 Å². The maximum Gasteiger partial charge on any atom is 0.267 e. The van der Waals surface area contributed by atoms with E-state index >= 15 is 0 Å². The van der Waals surface area contributed by atoms with E-state index < -0.39 is 15.9 Å². The van der Waals surface area contributed by atoms with Crippen LogP contribution in [0.5, 0.6) is 0 Å². The van der Waals surface area contributed by atoms with Crippen molar-refractivity contribution in [3.05, 3.63) is 0 Å². The number of hydrogen-bond acceptors (Lipinski definition) is 6. The van der Waals surface area contributed by atoms with Crippen LogP contribution in [-0.2, 0) is 16.9 Å². The Morgan fingerprint density at radius 2 is 2.21 bits per heavy atom. The van der Waals surface area contributed by atoms with Gasteiger partial charge in [0.2, 0.25) is 9.84 Å². The predicted octanol–water partition coefficient (Wildman–Crippen LogP) is -1.25. The van der Waals surface area contributed by atoms with Crippen LogP contribution in [0.3, 0.4) is 0 Å². The third-order valence-electron chi connectivity index (χ3n) is 1.74. The van der Waals surface area contributed by atoms with Gasteiger partial charge in [0, 0.05) is 7.05 Å². The molecule has 0 radical (unpaired) electrons. The summed E-state index contributed by atoms with van der Waals surface area (Å²) in [6, 6.07) is 0. The molecule has 80 valence electrons. The van der Waals surface area contributed by atoms with Crippen molar-refractivity contribution in [3.63, 3.8) is 0 Å². The third-order valence-corrected chi connectivity index (χ3v) is 3.47. The molecule has 0 saturated heterocycles. The molecule has 8 heteroatoms. The summed E-state index contributed by atoms with van der Waals surface area (Å²) in [6.07, 6.45) is -0.499. The van der Waals surface area contributed by atoms with Gasteiger partial charge in [-0.1, -0.05) is 12.0 Å². The van der Waals surface area contributed by atoms with Gasteiger partial charge < -0.3 is 5.11 Å². The Morgan fingerprint density at radius 1 is 1.57 bits per heavy atom. The van der Waals surface area contributed by atoms with Crippen LogP contribution in [0, 0.1) is 0 Å². The number of aliphatic hydroxyl groups is 1. The fraction of sp³-hybridized carbons (Fsp3) is 0.833. The number of aryl methyl sites for hydroxylation is 1. The molecule has 0 aliphatic rings. The molecule has 14 heavy (non-hydrogen) atoms. The highest BCUT2D eigenvalue weighted by atomic mass is 32.2. The van der Waals surface area contributed by atoms with Gasteiger partial charge in [0.05, 0.1) is 11.9 Å². The molecular weight excluding hydrogens is 208 g/mol. The molecule has 0 bridgehead atoms. The Bertz CT molecular complexity index is 399. The second-order valence-corrected chi connectivity index (χ2v) is 4.86. The average Bonchev–Trinajstić information content (AvgIpc) is 2.51. The Hall–Kier alpha value is -1.02. The lowest BCUT2D eigenvalue weighted by atomic mass is 10.3. The summed E-state index contributed by atoms with van der Waals surface area (Å²) in [4.78, 5) is 0. The molecular formula is C6H12N4O3S. The first-order valence-corrected chi connectivity index (χ1v) is 5.75. The van der Waals surface area contributed by atoms with Crippen molar-refractivity contribution in [2.24, 2.45) is 7.05 Å². The molecule has 0 amide bonds. The van der Waals surface area contributed by atoms with Crippen LogP contribution >= 0.6 is 0 Å². The molecule has 0 aliphatic heterocycles. The van der Waals surface area contributed by atoms with Crippen molar-refractivity contribution in [2.45, 2.75) is 24.6 Å². The number of sulfone groups is 1. The van der Waals surface area contributed by atoms with Gasteiger partial charge >= 0.3 is 0 Å². The summed E-state index contributed by atoms with van der Waals surface area (Å²) in [5, 5.41) is 19.0. The molecule has 0 aliphatic carbocycles. The van der Waals surface area contributed by atoms with Crippen LogP contribution in [0.1, 0.15) is 13.3 Å². The average molecular weight is 220 g/mol. The molecule has 0 saturated carbocycles. The summed E-state index contributed by atoms with van der Waals surface area (Å²) in [5.41, 5.74) is 0. The lowest BCUT2D eigenvalue weighted by molar-refractivity contribution is 0.193. The van der Waals surface area contributed by atoms with Gasteiger partial charge in [-0.05, 0) is 16.8 Å². The summed E-state index contributed by atoms with van der Waals surface area (Å²) in [6.45, 7) is 1.70. The lowest BCUT2D eigenvalue weighted by Crippen LogP contribution is -2.22. The van der Waals surface area contributed by atoms with Crippen LogP contribution in [0.2, 0.25) is 0 Å². The van der Waals surface area contributed by atoms with E-state index in [4.69, 9.17) is 0 Å². The standard InChI is InChI=1S/C6H12N4O3S/c1-3-5(11)4-14(12,13)6-7-8-9-10(6)2/h5,11H,3-4H2,1-2H3. The van der Waals surface area contributed by atoms with E-state index in [1.807, 2.05) is 0 Å². The Morgan fingerprint density at radius 3 is 2.64 bits per heavy atom. The van der Waals surface area contributed by atoms with Crippen molar-refractivity contribution in [1.29, 1.82) is 0 Å². The smallest absolute Gasteiger partial charge is 0.267 e. The molecule has 0 fully saturated rings. The number of hydrogen-bond donors (Lipinski definition) is 1. The maximum absolute atomic E-state index is 11.6. The van der Waals surface area contributed by atoms with E-state index in [1.54, 1.807) is 6.92 Å². The van der Waals surface area contributed by atoms with Crippen LogP contribution in [-0.4, -0.2) is 45.6 Å². The number of tetrazole rings is 1. The maximum atomic E-state index is 11.6. The molecule has 1 N–H and O–H groups in total. The van der Waals surface area contributed by atoms with E-state index in [2.05, 4.69) is 15.5 Å². The van der Waals surface area contributed by atoms with Crippen LogP contribution in [0.15, 0.2) is 5.16 Å². The second kappa shape index (κ2) is 4.01. The van der Waals surface area contributed by atoms with Crippen molar-refractivity contribution >= 4 is 9.84 Å². The molecule has 1 aromatic heterocycles. The first-order valence-electron chi connectivity index (χ1n) is 4.10. The molecule has 0 spiro atoms. The molecule has 0 aromatic carbocycles. The second-order valence-electron chi connectivity index (χ2n) is 2.93. The van der Waals surface area contributed by atoms with Crippen molar-refractivity contribution in [1.82, 2.24) is 20.2 Å². The minimum atomic E-state index is -3.58. The largest absolute Gasteiger partial charge is 0.392 e. The highest BCUT2D eigenvalue weighted by Gasteiger charge is 2.24. The zero-order valence-electron chi connectivity index (χ0n) is 7.95. The topological polar surface area (TPSA) is 98.0 Å². The van der Waals surface area contributed by atoms with Crippen molar-refractivity contribution < 1.29 is 13.5 Å². The Labute approximate surface area is 81.7 Å². The minimum Gasteiger partial charge on any atom is -0.392 e. The zero-order chi connectivity index (χ0) is 10.8. The van der Waals surface area contributed by atoms with Gasteiger partial charge in [-0.25, -0.2) is 13.1 Å². The quantitative estimate of drug-likeness (QED) is 0.681. The predicted molar refractivity (Wildman–Crippen MR) is 47.1 cm³/mol. The van der Waals surface area contributed by atoms with E-state index in [0.717, 1.165) is 4.68 Å². The monoisotopic (exact) mass is 220 g/mol. The first-order chi connectivity index (χ1) is 6.47. The highest BCUT2D eigenvalue weighted by molar-refractivity contribution is 7.91. The molecule has 1 heterocycles. The molecule has 1 atom stereocenters. The zero-order valence-corrected chi connectivity index (χ0v) is 8.77. The van der Waals surface area contributed by atoms with Gasteiger partial charge in [-0.2, -0.15) is 0 Å². The summed E-state index contributed by atoms with van der Waals surface area (Å²) in [5.74, 6) is -0.349. The molecule has 7 nitrogen and oxygen atoms in total. The van der Waals surface area contributed by atoms with Crippen LogP contribution in [0.4, 0.5) is 0 Å². The summed E-state index contributed by atoms with van der Waals surface area (Å²) < 4.78 is 24.2. The number of aromatic nitrogens is 4. The molecule has 1 rings (SSSR count). The number of rotatable bonds is 4. The van der Waals surface area contributed by atoms with Crippen molar-refractivity contribution in [3.8, 4) is 0 Å². The van der Waals surface area contributed by atoms with Gasteiger partial charge in [-0.3, -0.25) is 0 Å². The summed E-state index contributed by atoms with van der Waals surface area (Å²) >= 11 is 0. The van der Waals surface area contributed by atoms with Gasteiger partial charge in [-0.15, -0.1) is 0 Å². The minimum absolute atomic E-state index is 0.218. The van der Waals surface area contributed by atoms with Gasteiger partial charge in [0.15, 0.2) is 0 Å². The third kappa shape index (κ3) is 2.26. The van der Waals surface area contributed by atoms with Crippen LogP contribution < -0.4 is 0 Å². The fourth-order valence-corrected chi connectivity index (χ4v) is 2.42.